The van der Waals surface area contributed by atoms with Crippen LogP contribution in [-0.2, 0) is 0 Å². The number of hydrogen-bond acceptors (Lipinski definition) is 4. The molecule has 0 fully saturated rings. The lowest BCUT2D eigenvalue weighted by atomic mass is 10.0. The highest BCUT2D eigenvalue weighted by atomic mass is 16.5. The van der Waals surface area contributed by atoms with Crippen molar-refractivity contribution in [1.29, 1.82) is 0 Å². The predicted molar refractivity (Wildman–Crippen MR) is 91.9 cm³/mol. The first-order valence-corrected chi connectivity index (χ1v) is 7.11. The molecule has 7 heteroatoms. The van der Waals surface area contributed by atoms with E-state index in [4.69, 9.17) is 15.0 Å². The highest BCUT2D eigenvalue weighted by molar-refractivity contribution is 5.98. The average molecular weight is 322 g/mol. The summed E-state index contributed by atoms with van der Waals surface area (Å²) < 4.78 is 10.3. The fraction of sp³-hybridized carbons (Fsp3) is 0.118. The Balaban J connectivity index is 2.33. The van der Waals surface area contributed by atoms with Crippen molar-refractivity contribution in [3.05, 3.63) is 63.3 Å². The Labute approximate surface area is 137 Å². The van der Waals surface area contributed by atoms with E-state index in [1.807, 2.05) is 0 Å². The third kappa shape index (κ3) is 2.64. The number of ether oxygens (including phenoxy) is 2. The highest BCUT2D eigenvalue weighted by Gasteiger charge is 2.14. The van der Waals surface area contributed by atoms with Crippen LogP contribution in [0.5, 0.6) is 11.5 Å². The van der Waals surface area contributed by atoms with E-state index < -0.39 is 0 Å². The molecule has 120 valence electrons. The monoisotopic (exact) mass is 322 g/mol. The van der Waals surface area contributed by atoms with Gasteiger partial charge in [-0.3, -0.25) is 4.79 Å². The molecule has 0 aliphatic rings. The average Bonchev–Trinajstić information content (AvgIpc) is 2.61. The molecule has 3 aromatic rings. The lowest BCUT2D eigenvalue weighted by Gasteiger charge is -2.10. The van der Waals surface area contributed by atoms with Crippen molar-refractivity contribution in [1.82, 2.24) is 4.98 Å². The molecule has 0 aliphatic heterocycles. The summed E-state index contributed by atoms with van der Waals surface area (Å²) >= 11 is 0. The summed E-state index contributed by atoms with van der Waals surface area (Å²) in [6, 6.07) is 12.2. The summed E-state index contributed by atoms with van der Waals surface area (Å²) in [7, 11) is 3.11. The maximum Gasteiger partial charge on any atom is 0.256 e. The molecular weight excluding hydrogens is 308 g/mol. The fourth-order valence-electron chi connectivity index (χ4n) is 2.56. The van der Waals surface area contributed by atoms with Gasteiger partial charge in [0.2, 0.25) is 0 Å². The van der Waals surface area contributed by atoms with E-state index in [2.05, 4.69) is 15.0 Å². The number of pyridine rings is 1. The molecule has 1 heterocycles. The maximum atomic E-state index is 12.6. The van der Waals surface area contributed by atoms with Gasteiger partial charge in [0.05, 0.1) is 31.0 Å². The minimum Gasteiger partial charge on any atom is -0.497 e. The lowest BCUT2D eigenvalue weighted by molar-refractivity contribution is 0.415. The molecule has 0 radical (unpaired) electrons. The van der Waals surface area contributed by atoms with Crippen molar-refractivity contribution in [3.63, 3.8) is 0 Å². The molecule has 0 saturated carbocycles. The van der Waals surface area contributed by atoms with Gasteiger partial charge >= 0.3 is 0 Å². The van der Waals surface area contributed by atoms with Gasteiger partial charge in [0.15, 0.2) is 0 Å². The third-order valence-electron chi connectivity index (χ3n) is 3.72. The molecule has 2 aromatic carbocycles. The molecule has 0 bridgehead atoms. The van der Waals surface area contributed by atoms with Crippen LogP contribution in [0, 0.1) is 0 Å². The number of H-pyrrole nitrogens is 1. The molecule has 3 rings (SSSR count). The maximum absolute atomic E-state index is 12.6. The van der Waals surface area contributed by atoms with Crippen molar-refractivity contribution in [3.8, 4) is 22.6 Å². The van der Waals surface area contributed by atoms with Gasteiger partial charge in [-0.15, -0.1) is 0 Å². The van der Waals surface area contributed by atoms with E-state index in [9.17, 15) is 4.79 Å². The summed E-state index contributed by atoms with van der Waals surface area (Å²) in [5.41, 5.74) is 10.4. The Hall–Kier alpha value is -3.44. The number of aromatic amines is 1. The lowest BCUT2D eigenvalue weighted by Crippen LogP contribution is -2.09. The second-order valence-corrected chi connectivity index (χ2v) is 5.01. The summed E-state index contributed by atoms with van der Waals surface area (Å²) in [5, 5.41) is 4.40. The fourth-order valence-corrected chi connectivity index (χ4v) is 2.56. The third-order valence-corrected chi connectivity index (χ3v) is 3.72. The second-order valence-electron chi connectivity index (χ2n) is 5.01. The standard InChI is InChI=1S/C17H14N4O3/c1-23-11-5-3-10(4-6-11)15-16(20-21-18)13-8-7-12(24-2)9-14(13)19-17(15)22/h3-9H,1-2H3,(H,19,22). The zero-order chi connectivity index (χ0) is 17.1. The molecule has 0 spiro atoms. The molecule has 0 atom stereocenters. The van der Waals surface area contributed by atoms with Crippen molar-refractivity contribution in [2.75, 3.05) is 14.2 Å². The number of aromatic nitrogens is 1. The van der Waals surface area contributed by atoms with Crippen LogP contribution in [0.25, 0.3) is 32.5 Å². The Morgan fingerprint density at radius 3 is 2.33 bits per heavy atom. The first kappa shape index (κ1) is 15.5. The molecule has 1 aromatic heterocycles. The zero-order valence-corrected chi connectivity index (χ0v) is 13.1. The van der Waals surface area contributed by atoms with Gasteiger partial charge in [0.1, 0.15) is 11.5 Å². The van der Waals surface area contributed by atoms with E-state index in [1.165, 1.54) is 0 Å². The van der Waals surface area contributed by atoms with Gasteiger partial charge < -0.3 is 14.5 Å². The van der Waals surface area contributed by atoms with E-state index in [1.54, 1.807) is 56.7 Å². The van der Waals surface area contributed by atoms with E-state index in [0.717, 1.165) is 0 Å². The molecule has 1 N–H and O–H groups in total. The molecule has 0 saturated heterocycles. The van der Waals surface area contributed by atoms with Crippen LogP contribution < -0.4 is 15.0 Å². The normalized spacial score (nSPS) is 10.2. The molecule has 0 unspecified atom stereocenters. The van der Waals surface area contributed by atoms with Crippen LogP contribution in [0.1, 0.15) is 0 Å². The number of nitrogens with zero attached hydrogens (tertiary/aromatic N) is 3. The van der Waals surface area contributed by atoms with E-state index in [-0.39, 0.29) is 11.2 Å². The van der Waals surface area contributed by atoms with Gasteiger partial charge in [-0.05, 0) is 35.4 Å². The number of nitrogens with one attached hydrogen (secondary N) is 1. The SMILES string of the molecule is COc1ccc(-c2c(N=[N+]=[N-])c3ccc(OC)cc3[nH]c2=O)cc1. The molecular formula is C17H14N4O3. The van der Waals surface area contributed by atoms with Crippen molar-refractivity contribution in [2.24, 2.45) is 5.11 Å². The number of methoxy groups -OCH3 is 2. The van der Waals surface area contributed by atoms with Crippen LogP contribution in [0.2, 0.25) is 0 Å². The van der Waals surface area contributed by atoms with Crippen LogP contribution in [0.3, 0.4) is 0 Å². The molecule has 0 amide bonds. The van der Waals surface area contributed by atoms with Gasteiger partial charge in [0, 0.05) is 16.4 Å². The number of fused-ring (bicyclic) bond motifs is 1. The van der Waals surface area contributed by atoms with Crippen LogP contribution in [0.4, 0.5) is 5.69 Å². The minimum absolute atomic E-state index is 0.282. The summed E-state index contributed by atoms with van der Waals surface area (Å²) in [6.45, 7) is 0. The Bertz CT molecular complexity index is 1000. The Morgan fingerprint density at radius 1 is 1.04 bits per heavy atom. The number of azide groups is 1. The van der Waals surface area contributed by atoms with Gasteiger partial charge in [-0.2, -0.15) is 0 Å². The highest BCUT2D eigenvalue weighted by Crippen LogP contribution is 2.35. The predicted octanol–water partition coefficient (Wildman–Crippen LogP) is 4.15. The van der Waals surface area contributed by atoms with E-state index in [0.29, 0.717) is 33.5 Å². The van der Waals surface area contributed by atoms with Crippen LogP contribution >= 0.6 is 0 Å². The first-order chi connectivity index (χ1) is 11.7. The first-order valence-electron chi connectivity index (χ1n) is 7.11. The van der Waals surface area contributed by atoms with Crippen molar-refractivity contribution >= 4 is 16.6 Å². The quantitative estimate of drug-likeness (QED) is 0.443. The van der Waals surface area contributed by atoms with Gasteiger partial charge in [-0.1, -0.05) is 17.2 Å². The largest absolute Gasteiger partial charge is 0.497 e. The molecule has 7 nitrogen and oxygen atoms in total. The number of hydrogen-bond donors (Lipinski definition) is 1. The van der Waals surface area contributed by atoms with Crippen LogP contribution in [-0.4, -0.2) is 19.2 Å². The smallest absolute Gasteiger partial charge is 0.256 e. The number of rotatable bonds is 4. The van der Waals surface area contributed by atoms with Crippen molar-refractivity contribution < 1.29 is 9.47 Å². The molecule has 24 heavy (non-hydrogen) atoms. The van der Waals surface area contributed by atoms with E-state index >= 15 is 0 Å². The minimum atomic E-state index is -0.344. The zero-order valence-electron chi connectivity index (χ0n) is 13.1. The summed E-state index contributed by atoms with van der Waals surface area (Å²) in [4.78, 5) is 18.3. The topological polar surface area (TPSA) is 100 Å². The summed E-state index contributed by atoms with van der Waals surface area (Å²) in [6.07, 6.45) is 0. The van der Waals surface area contributed by atoms with Gasteiger partial charge in [0.25, 0.3) is 5.56 Å². The summed E-state index contributed by atoms with van der Waals surface area (Å²) in [5.74, 6) is 1.27. The van der Waals surface area contributed by atoms with Crippen LogP contribution in [0.15, 0.2) is 52.4 Å². The Kier molecular flexibility index (Phi) is 4.09. The Morgan fingerprint density at radius 2 is 1.71 bits per heavy atom. The van der Waals surface area contributed by atoms with Crippen molar-refractivity contribution in [2.45, 2.75) is 0 Å². The number of benzene rings is 2. The van der Waals surface area contributed by atoms with Gasteiger partial charge in [-0.25, -0.2) is 0 Å². The second kappa shape index (κ2) is 6.36. The molecule has 0 aliphatic carbocycles.